The Morgan fingerprint density at radius 3 is 2.46 bits per heavy atom. The summed E-state index contributed by atoms with van der Waals surface area (Å²) in [5.74, 6) is -0.0359. The molecule has 1 aliphatic heterocycles. The van der Waals surface area contributed by atoms with Gasteiger partial charge in [-0.25, -0.2) is 8.42 Å². The van der Waals surface area contributed by atoms with Gasteiger partial charge >= 0.3 is 0 Å². The van der Waals surface area contributed by atoms with Crippen LogP contribution in [0.4, 0.5) is 0 Å². The van der Waals surface area contributed by atoms with E-state index >= 15 is 0 Å². The molecule has 0 saturated carbocycles. The maximum atomic E-state index is 12.4. The number of carbonyl (C=O) groups is 1. The normalized spacial score (nSPS) is 15.5. The van der Waals surface area contributed by atoms with E-state index in [1.54, 1.807) is 35.6 Å². The smallest absolute Gasteiger partial charge is 0.243 e. The van der Waals surface area contributed by atoms with Crippen molar-refractivity contribution >= 4 is 27.3 Å². The van der Waals surface area contributed by atoms with Crippen LogP contribution in [0.2, 0.25) is 0 Å². The number of hydrogen-bond acceptors (Lipinski definition) is 4. The topological polar surface area (TPSA) is 66.5 Å². The van der Waals surface area contributed by atoms with Crippen LogP contribution in [-0.2, 0) is 27.8 Å². The molecular weight excluding hydrogens is 344 g/mol. The Balaban J connectivity index is 1.57. The molecule has 0 unspecified atom stereocenters. The average molecular weight is 364 g/mol. The predicted octanol–water partition coefficient (Wildman–Crippen LogP) is 2.39. The summed E-state index contributed by atoms with van der Waals surface area (Å²) in [5, 5.41) is 4.80. The van der Waals surface area contributed by atoms with Gasteiger partial charge in [0.25, 0.3) is 0 Å². The molecule has 0 aliphatic carbocycles. The van der Waals surface area contributed by atoms with Crippen LogP contribution in [0.5, 0.6) is 0 Å². The van der Waals surface area contributed by atoms with Gasteiger partial charge in [-0.05, 0) is 42.0 Å². The molecule has 0 bridgehead atoms. The second-order valence-corrected chi connectivity index (χ2v) is 8.76. The van der Waals surface area contributed by atoms with Crippen molar-refractivity contribution in [3.63, 3.8) is 0 Å². The number of sulfonamides is 1. The van der Waals surface area contributed by atoms with Gasteiger partial charge in [0.15, 0.2) is 0 Å². The molecule has 24 heavy (non-hydrogen) atoms. The summed E-state index contributed by atoms with van der Waals surface area (Å²) in [6.07, 6.45) is 2.22. The van der Waals surface area contributed by atoms with Crippen molar-refractivity contribution in [1.82, 2.24) is 9.62 Å². The minimum absolute atomic E-state index is 0.0359. The van der Waals surface area contributed by atoms with Gasteiger partial charge in [-0.2, -0.15) is 4.31 Å². The highest BCUT2D eigenvalue weighted by molar-refractivity contribution is 7.89. The molecule has 1 aromatic heterocycles. The molecule has 3 rings (SSSR count). The number of amides is 1. The van der Waals surface area contributed by atoms with Gasteiger partial charge in [-0.1, -0.05) is 18.2 Å². The Labute approximate surface area is 146 Å². The van der Waals surface area contributed by atoms with Crippen molar-refractivity contribution in [2.75, 3.05) is 13.1 Å². The summed E-state index contributed by atoms with van der Waals surface area (Å²) in [6, 6.07) is 10.6. The van der Waals surface area contributed by atoms with Crippen molar-refractivity contribution in [2.45, 2.75) is 30.7 Å². The third-order valence-electron chi connectivity index (χ3n) is 4.03. The molecule has 1 saturated heterocycles. The molecule has 0 radical (unpaired) electrons. The summed E-state index contributed by atoms with van der Waals surface area (Å²) in [6.45, 7) is 1.60. The Hall–Kier alpha value is -1.70. The van der Waals surface area contributed by atoms with E-state index in [9.17, 15) is 13.2 Å². The molecule has 0 atom stereocenters. The Bertz CT molecular complexity index is 778. The van der Waals surface area contributed by atoms with E-state index < -0.39 is 10.0 Å². The van der Waals surface area contributed by atoms with Crippen molar-refractivity contribution in [3.8, 4) is 0 Å². The first-order valence-corrected chi connectivity index (χ1v) is 10.3. The molecule has 2 aromatic rings. The SMILES string of the molecule is O=C(Cc1cccs1)NCc1ccc(S(=O)(=O)N2CCCC2)cc1. The maximum absolute atomic E-state index is 12.4. The van der Waals surface area contributed by atoms with E-state index in [1.165, 1.54) is 4.31 Å². The predicted molar refractivity (Wildman–Crippen MR) is 94.3 cm³/mol. The van der Waals surface area contributed by atoms with Crippen molar-refractivity contribution < 1.29 is 13.2 Å². The van der Waals surface area contributed by atoms with E-state index in [4.69, 9.17) is 0 Å². The summed E-state index contributed by atoms with van der Waals surface area (Å²) < 4.78 is 26.4. The van der Waals surface area contributed by atoms with E-state index in [-0.39, 0.29) is 5.91 Å². The zero-order chi connectivity index (χ0) is 17.0. The first kappa shape index (κ1) is 17.1. The van der Waals surface area contributed by atoms with Crippen molar-refractivity contribution in [1.29, 1.82) is 0 Å². The lowest BCUT2D eigenvalue weighted by Crippen LogP contribution is -2.28. The molecule has 1 fully saturated rings. The number of nitrogens with zero attached hydrogens (tertiary/aromatic N) is 1. The molecule has 128 valence electrons. The van der Waals surface area contributed by atoms with Gasteiger partial charge < -0.3 is 5.32 Å². The largest absolute Gasteiger partial charge is 0.352 e. The van der Waals surface area contributed by atoms with Crippen LogP contribution in [0, 0.1) is 0 Å². The maximum Gasteiger partial charge on any atom is 0.243 e. The Morgan fingerprint density at radius 2 is 1.83 bits per heavy atom. The number of hydrogen-bond donors (Lipinski definition) is 1. The van der Waals surface area contributed by atoms with Gasteiger partial charge in [0, 0.05) is 24.5 Å². The number of carbonyl (C=O) groups excluding carboxylic acids is 1. The number of benzene rings is 1. The highest BCUT2D eigenvalue weighted by Gasteiger charge is 2.26. The second-order valence-electron chi connectivity index (χ2n) is 5.79. The lowest BCUT2D eigenvalue weighted by Gasteiger charge is -2.15. The molecule has 2 heterocycles. The number of thiophene rings is 1. The fourth-order valence-corrected chi connectivity index (χ4v) is 4.91. The summed E-state index contributed by atoms with van der Waals surface area (Å²) in [7, 11) is -3.37. The third-order valence-corrected chi connectivity index (χ3v) is 6.82. The van der Waals surface area contributed by atoms with Crippen molar-refractivity contribution in [3.05, 3.63) is 52.2 Å². The van der Waals surface area contributed by atoms with Crippen LogP contribution in [0.25, 0.3) is 0 Å². The van der Waals surface area contributed by atoms with Crippen LogP contribution in [-0.4, -0.2) is 31.7 Å². The van der Waals surface area contributed by atoms with E-state index in [2.05, 4.69) is 5.32 Å². The quantitative estimate of drug-likeness (QED) is 0.856. The summed E-state index contributed by atoms with van der Waals surface area (Å²) >= 11 is 1.56. The zero-order valence-corrected chi connectivity index (χ0v) is 14.9. The molecule has 5 nitrogen and oxygen atoms in total. The van der Waals surface area contributed by atoms with E-state index in [1.807, 2.05) is 17.5 Å². The van der Waals surface area contributed by atoms with Crippen LogP contribution in [0.3, 0.4) is 0 Å². The summed E-state index contributed by atoms with van der Waals surface area (Å²) in [4.78, 5) is 13.2. The fourth-order valence-electron chi connectivity index (χ4n) is 2.69. The van der Waals surface area contributed by atoms with Crippen LogP contribution >= 0.6 is 11.3 Å². The Kier molecular flexibility index (Phi) is 5.33. The van der Waals surface area contributed by atoms with Crippen LogP contribution in [0.1, 0.15) is 23.3 Å². The third kappa shape index (κ3) is 4.03. The van der Waals surface area contributed by atoms with E-state index in [0.717, 1.165) is 23.3 Å². The standard InChI is InChI=1S/C17H20N2O3S2/c20-17(12-15-4-3-11-23-15)18-13-14-5-7-16(8-6-14)24(21,22)19-9-1-2-10-19/h3-8,11H,1-2,9-10,12-13H2,(H,18,20). The fraction of sp³-hybridized carbons (Fsp3) is 0.353. The zero-order valence-electron chi connectivity index (χ0n) is 13.3. The lowest BCUT2D eigenvalue weighted by atomic mass is 10.2. The van der Waals surface area contributed by atoms with Crippen molar-refractivity contribution in [2.24, 2.45) is 0 Å². The van der Waals surface area contributed by atoms with Gasteiger partial charge in [0.2, 0.25) is 15.9 Å². The molecule has 1 aromatic carbocycles. The summed E-state index contributed by atoms with van der Waals surface area (Å²) in [5.41, 5.74) is 0.884. The molecule has 0 spiro atoms. The minimum Gasteiger partial charge on any atom is -0.352 e. The van der Waals surface area contributed by atoms with Gasteiger partial charge in [0.1, 0.15) is 0 Å². The second kappa shape index (κ2) is 7.46. The van der Waals surface area contributed by atoms with E-state index in [0.29, 0.717) is 31.0 Å². The van der Waals surface area contributed by atoms with Gasteiger partial charge in [-0.15, -0.1) is 11.3 Å². The Morgan fingerprint density at radius 1 is 1.12 bits per heavy atom. The first-order valence-electron chi connectivity index (χ1n) is 7.94. The lowest BCUT2D eigenvalue weighted by molar-refractivity contribution is -0.120. The monoisotopic (exact) mass is 364 g/mol. The average Bonchev–Trinajstić information content (AvgIpc) is 3.27. The number of rotatable bonds is 6. The highest BCUT2D eigenvalue weighted by atomic mass is 32.2. The van der Waals surface area contributed by atoms with Crippen LogP contribution < -0.4 is 5.32 Å². The molecule has 1 amide bonds. The number of nitrogens with one attached hydrogen (secondary N) is 1. The van der Waals surface area contributed by atoms with Gasteiger partial charge in [-0.3, -0.25) is 4.79 Å². The van der Waals surface area contributed by atoms with Gasteiger partial charge in [0.05, 0.1) is 11.3 Å². The minimum atomic E-state index is -3.37. The first-order chi connectivity index (χ1) is 11.6. The molecule has 1 N–H and O–H groups in total. The van der Waals surface area contributed by atoms with Crippen LogP contribution in [0.15, 0.2) is 46.7 Å². The molecular formula is C17H20N2O3S2. The highest BCUT2D eigenvalue weighted by Crippen LogP contribution is 2.21. The molecule has 1 aliphatic rings. The molecule has 7 heteroatoms.